The second-order valence-corrected chi connectivity index (χ2v) is 7.95. The van der Waals surface area contributed by atoms with Crippen LogP contribution < -0.4 is 5.32 Å². The van der Waals surface area contributed by atoms with E-state index in [1.165, 1.54) is 6.92 Å². The van der Waals surface area contributed by atoms with Gasteiger partial charge in [-0.25, -0.2) is 8.78 Å². The van der Waals surface area contributed by atoms with E-state index in [0.29, 0.717) is 33.7 Å². The van der Waals surface area contributed by atoms with Crippen molar-refractivity contribution in [3.05, 3.63) is 61.6 Å². The zero-order valence-electron chi connectivity index (χ0n) is 16.3. The molecule has 3 aromatic rings. The molecule has 1 amide bonds. The Morgan fingerprint density at radius 1 is 1.10 bits per heavy atom. The summed E-state index contributed by atoms with van der Waals surface area (Å²) < 4.78 is 28.8. The van der Waals surface area contributed by atoms with Gasteiger partial charge in [0.2, 0.25) is 5.91 Å². The van der Waals surface area contributed by atoms with Crippen LogP contribution in [0.25, 0.3) is 0 Å². The smallest absolute Gasteiger partial charge is 0.283 e. The number of carbonyl (C=O) groups is 1. The van der Waals surface area contributed by atoms with Crippen molar-refractivity contribution in [3.63, 3.8) is 0 Å². The Hall–Kier alpha value is -2.16. The van der Waals surface area contributed by atoms with Crippen molar-refractivity contribution in [1.82, 2.24) is 19.6 Å². The van der Waals surface area contributed by atoms with Crippen molar-refractivity contribution in [2.45, 2.75) is 40.3 Å². The van der Waals surface area contributed by atoms with Crippen molar-refractivity contribution in [3.8, 4) is 0 Å². The molecule has 2 heterocycles. The number of amides is 1. The number of carbonyl (C=O) groups excluding carboxylic acids is 1. The average Bonchev–Trinajstić information content (AvgIpc) is 3.09. The van der Waals surface area contributed by atoms with E-state index in [1.54, 1.807) is 23.7 Å². The van der Waals surface area contributed by atoms with Gasteiger partial charge >= 0.3 is 0 Å². The third-order valence-electron chi connectivity index (χ3n) is 4.64. The lowest BCUT2D eigenvalue weighted by Crippen LogP contribution is -2.21. The first-order valence-corrected chi connectivity index (χ1v) is 10.0. The van der Waals surface area contributed by atoms with Crippen LogP contribution in [0.2, 0.25) is 15.1 Å². The molecule has 0 unspecified atom stereocenters. The van der Waals surface area contributed by atoms with E-state index in [-0.39, 0.29) is 11.6 Å². The molecule has 30 heavy (non-hydrogen) atoms. The maximum Gasteiger partial charge on any atom is 0.283 e. The Labute approximate surface area is 186 Å². The molecule has 2 aromatic heterocycles. The molecule has 0 saturated heterocycles. The average molecular weight is 477 g/mol. The highest BCUT2D eigenvalue weighted by molar-refractivity contribution is 6.35. The third-order valence-corrected chi connectivity index (χ3v) is 5.69. The van der Waals surface area contributed by atoms with Crippen molar-refractivity contribution >= 4 is 46.4 Å². The largest absolute Gasteiger partial charge is 0.321 e. The predicted octanol–water partition coefficient (Wildman–Crippen LogP) is 5.59. The highest BCUT2D eigenvalue weighted by atomic mass is 35.5. The van der Waals surface area contributed by atoms with Crippen LogP contribution in [-0.2, 0) is 17.9 Å². The Morgan fingerprint density at radius 2 is 1.80 bits per heavy atom. The Morgan fingerprint density at radius 3 is 2.40 bits per heavy atom. The van der Waals surface area contributed by atoms with Gasteiger partial charge < -0.3 is 5.32 Å². The van der Waals surface area contributed by atoms with Gasteiger partial charge in [0, 0.05) is 10.0 Å². The minimum atomic E-state index is -2.82. The van der Waals surface area contributed by atoms with Gasteiger partial charge in [0.25, 0.3) is 6.43 Å². The second-order valence-electron chi connectivity index (χ2n) is 6.73. The maximum atomic E-state index is 13.0. The zero-order valence-corrected chi connectivity index (χ0v) is 18.6. The molecule has 0 aliphatic carbocycles. The maximum absolute atomic E-state index is 13.0. The number of benzene rings is 1. The number of anilines is 1. The standard InChI is InChI=1S/C19H18Cl3F2N5O/c1-9-17(11(3)28(26-9)7-12-4-5-13(20)6-14(12)21)25-15(30)8-29-10(2)16(22)18(27-29)19(23)24/h4-6,19H,7-8H2,1-3H3,(H,25,30). The molecule has 0 aliphatic heterocycles. The molecule has 0 fully saturated rings. The quantitative estimate of drug-likeness (QED) is 0.504. The zero-order chi connectivity index (χ0) is 22.2. The van der Waals surface area contributed by atoms with Crippen molar-refractivity contribution in [2.75, 3.05) is 5.32 Å². The fourth-order valence-corrected chi connectivity index (χ4v) is 3.69. The van der Waals surface area contributed by atoms with E-state index in [0.717, 1.165) is 15.9 Å². The summed E-state index contributed by atoms with van der Waals surface area (Å²) in [7, 11) is 0. The summed E-state index contributed by atoms with van der Waals surface area (Å²) in [6, 6.07) is 5.20. The van der Waals surface area contributed by atoms with Gasteiger partial charge in [-0.3, -0.25) is 14.2 Å². The number of hydrogen-bond donors (Lipinski definition) is 1. The molecule has 1 aromatic carbocycles. The third kappa shape index (κ3) is 4.61. The Kier molecular flexibility index (Phi) is 6.69. The van der Waals surface area contributed by atoms with Crippen molar-refractivity contribution < 1.29 is 13.6 Å². The lowest BCUT2D eigenvalue weighted by Gasteiger charge is -2.09. The number of rotatable bonds is 6. The molecule has 160 valence electrons. The van der Waals surface area contributed by atoms with Gasteiger partial charge in [0.15, 0.2) is 0 Å². The highest BCUT2D eigenvalue weighted by Gasteiger charge is 2.22. The van der Waals surface area contributed by atoms with Crippen molar-refractivity contribution in [2.24, 2.45) is 0 Å². The van der Waals surface area contributed by atoms with Crippen LogP contribution in [0.5, 0.6) is 0 Å². The highest BCUT2D eigenvalue weighted by Crippen LogP contribution is 2.29. The number of alkyl halides is 2. The summed E-state index contributed by atoms with van der Waals surface area (Å²) in [5.41, 5.74) is 2.44. The van der Waals surface area contributed by atoms with E-state index in [1.807, 2.05) is 13.0 Å². The molecule has 6 nitrogen and oxygen atoms in total. The summed E-state index contributed by atoms with van der Waals surface area (Å²) in [5.74, 6) is -0.437. The van der Waals surface area contributed by atoms with Gasteiger partial charge in [-0.2, -0.15) is 10.2 Å². The Bertz CT molecular complexity index is 1110. The molecular formula is C19H18Cl3F2N5O. The first-order chi connectivity index (χ1) is 14.1. The van der Waals surface area contributed by atoms with Crippen LogP contribution in [0.15, 0.2) is 18.2 Å². The summed E-state index contributed by atoms with van der Waals surface area (Å²) in [6.45, 7) is 5.23. The van der Waals surface area contributed by atoms with E-state index in [2.05, 4.69) is 15.5 Å². The summed E-state index contributed by atoms with van der Waals surface area (Å²) in [5, 5.41) is 11.9. The van der Waals surface area contributed by atoms with Crippen LogP contribution in [0.4, 0.5) is 14.5 Å². The SMILES string of the molecule is Cc1nn(Cc2ccc(Cl)cc2Cl)c(C)c1NC(=O)Cn1nc(C(F)F)c(Cl)c1C. The number of aryl methyl sites for hydroxylation is 1. The fraction of sp³-hybridized carbons (Fsp3) is 0.316. The van der Waals surface area contributed by atoms with E-state index in [4.69, 9.17) is 34.8 Å². The lowest BCUT2D eigenvalue weighted by atomic mass is 10.2. The molecule has 3 rings (SSSR count). The minimum Gasteiger partial charge on any atom is -0.321 e. The predicted molar refractivity (Wildman–Crippen MR) is 113 cm³/mol. The van der Waals surface area contributed by atoms with Crippen LogP contribution in [-0.4, -0.2) is 25.5 Å². The van der Waals surface area contributed by atoms with Crippen LogP contribution in [0.3, 0.4) is 0 Å². The van der Waals surface area contributed by atoms with Crippen LogP contribution in [0, 0.1) is 20.8 Å². The van der Waals surface area contributed by atoms with E-state index >= 15 is 0 Å². The lowest BCUT2D eigenvalue weighted by molar-refractivity contribution is -0.117. The summed E-state index contributed by atoms with van der Waals surface area (Å²) >= 11 is 18.0. The van der Waals surface area contributed by atoms with Crippen LogP contribution >= 0.6 is 34.8 Å². The second kappa shape index (κ2) is 8.91. The summed E-state index contributed by atoms with van der Waals surface area (Å²) in [6.07, 6.45) is -2.82. The monoisotopic (exact) mass is 475 g/mol. The topological polar surface area (TPSA) is 64.7 Å². The van der Waals surface area contributed by atoms with E-state index in [9.17, 15) is 13.6 Å². The molecule has 1 N–H and O–H groups in total. The normalized spacial score (nSPS) is 11.4. The van der Waals surface area contributed by atoms with Gasteiger partial charge in [0.1, 0.15) is 12.2 Å². The number of hydrogen-bond acceptors (Lipinski definition) is 3. The van der Waals surface area contributed by atoms with Gasteiger partial charge in [0.05, 0.1) is 34.3 Å². The van der Waals surface area contributed by atoms with Gasteiger partial charge in [-0.1, -0.05) is 40.9 Å². The Balaban J connectivity index is 1.77. The first kappa shape index (κ1) is 22.5. The minimum absolute atomic E-state index is 0.141. The number of nitrogens with one attached hydrogen (secondary N) is 1. The van der Waals surface area contributed by atoms with Crippen molar-refractivity contribution in [1.29, 1.82) is 0 Å². The van der Waals surface area contributed by atoms with Gasteiger partial charge in [-0.05, 0) is 38.5 Å². The molecule has 11 heteroatoms. The van der Waals surface area contributed by atoms with E-state index < -0.39 is 18.0 Å². The number of aromatic nitrogens is 4. The number of halogens is 5. The molecule has 0 radical (unpaired) electrons. The molecular weight excluding hydrogens is 459 g/mol. The molecule has 0 bridgehead atoms. The fourth-order valence-electron chi connectivity index (χ4n) is 3.00. The van der Waals surface area contributed by atoms with Gasteiger partial charge in [-0.15, -0.1) is 0 Å². The van der Waals surface area contributed by atoms with Crippen LogP contribution in [0.1, 0.15) is 34.8 Å². The summed E-state index contributed by atoms with van der Waals surface area (Å²) in [4.78, 5) is 12.5. The molecule has 0 aliphatic rings. The molecule has 0 atom stereocenters. The first-order valence-electron chi connectivity index (χ1n) is 8.87. The number of nitrogens with zero attached hydrogens (tertiary/aromatic N) is 4. The molecule has 0 saturated carbocycles. The molecule has 0 spiro atoms.